The molecule has 0 bridgehead atoms. The summed E-state index contributed by atoms with van der Waals surface area (Å²) in [7, 11) is 0. The monoisotopic (exact) mass is 371 g/mol. The highest BCUT2D eigenvalue weighted by Gasteiger charge is 2.16. The van der Waals surface area contributed by atoms with Crippen molar-refractivity contribution in [2.75, 3.05) is 25.1 Å². The summed E-state index contributed by atoms with van der Waals surface area (Å²) < 4.78 is 5.55. The number of hydrogen-bond donors (Lipinski definition) is 2. The molecule has 5 nitrogen and oxygen atoms in total. The predicted octanol–water partition coefficient (Wildman–Crippen LogP) is 4.64. The minimum absolute atomic E-state index is 0.253. The number of aliphatic hydroxyl groups excluding tert-OH is 1. The Morgan fingerprint density at radius 3 is 2.65 bits per heavy atom. The van der Waals surface area contributed by atoms with Crippen LogP contribution in [0.3, 0.4) is 0 Å². The van der Waals surface area contributed by atoms with Gasteiger partial charge in [0.2, 0.25) is 0 Å². The zero-order valence-corrected chi connectivity index (χ0v) is 16.1. The normalized spacial score (nSPS) is 11.0. The van der Waals surface area contributed by atoms with Gasteiger partial charge in [-0.2, -0.15) is 0 Å². The van der Waals surface area contributed by atoms with Gasteiger partial charge < -0.3 is 15.2 Å². The van der Waals surface area contributed by atoms with Crippen LogP contribution in [0.15, 0.2) is 30.6 Å². The smallest absolute Gasteiger partial charge is 0.138 e. The first-order chi connectivity index (χ1) is 12.7. The fourth-order valence-electron chi connectivity index (χ4n) is 3.03. The summed E-state index contributed by atoms with van der Waals surface area (Å²) in [5, 5.41) is 13.4. The lowest BCUT2D eigenvalue weighted by Crippen LogP contribution is -2.04. The van der Waals surface area contributed by atoms with Crippen LogP contribution in [0.4, 0.5) is 5.82 Å². The first-order valence-electron chi connectivity index (χ1n) is 9.06. The summed E-state index contributed by atoms with van der Waals surface area (Å²) in [5.41, 5.74) is 2.34. The van der Waals surface area contributed by atoms with Gasteiger partial charge in [0.05, 0.1) is 12.0 Å². The molecule has 0 aliphatic heterocycles. The van der Waals surface area contributed by atoms with Crippen molar-refractivity contribution < 1.29 is 9.84 Å². The molecule has 0 fully saturated rings. The number of benzene rings is 1. The van der Waals surface area contributed by atoms with Crippen LogP contribution in [0.1, 0.15) is 31.1 Å². The molecule has 2 heterocycles. The van der Waals surface area contributed by atoms with E-state index in [-0.39, 0.29) is 6.61 Å². The molecule has 0 radical (unpaired) electrons. The van der Waals surface area contributed by atoms with E-state index in [2.05, 4.69) is 34.3 Å². The van der Waals surface area contributed by atoms with Gasteiger partial charge >= 0.3 is 0 Å². The molecule has 2 aromatic heterocycles. The second-order valence-electron chi connectivity index (χ2n) is 6.10. The maximum atomic E-state index is 8.89. The van der Waals surface area contributed by atoms with Crippen LogP contribution in [0, 0.1) is 6.92 Å². The number of fused-ring (bicyclic) bond motifs is 1. The fraction of sp³-hybridized carbons (Fsp3) is 0.400. The number of aliphatic hydroxyl groups is 1. The average molecular weight is 372 g/mol. The number of thiophene rings is 1. The quantitative estimate of drug-likeness (QED) is 0.536. The highest BCUT2D eigenvalue weighted by atomic mass is 32.1. The van der Waals surface area contributed by atoms with Crippen molar-refractivity contribution in [2.24, 2.45) is 0 Å². The SMILES string of the molecule is CCOc1ccc(-c2c(C)sc3ncnc(NCCCCCO)c23)cc1. The third-order valence-electron chi connectivity index (χ3n) is 4.25. The molecule has 0 atom stereocenters. The van der Waals surface area contributed by atoms with E-state index in [0.717, 1.165) is 53.2 Å². The Bertz CT molecular complexity index is 846. The van der Waals surface area contributed by atoms with Gasteiger partial charge in [0.15, 0.2) is 0 Å². The number of rotatable bonds is 9. The summed E-state index contributed by atoms with van der Waals surface area (Å²) in [4.78, 5) is 11.2. The molecule has 3 rings (SSSR count). The largest absolute Gasteiger partial charge is 0.494 e. The number of anilines is 1. The van der Waals surface area contributed by atoms with Crippen LogP contribution < -0.4 is 10.1 Å². The maximum Gasteiger partial charge on any atom is 0.138 e. The number of nitrogens with one attached hydrogen (secondary N) is 1. The number of aromatic nitrogens is 2. The predicted molar refractivity (Wildman–Crippen MR) is 108 cm³/mol. The summed E-state index contributed by atoms with van der Waals surface area (Å²) in [6.07, 6.45) is 4.48. The number of ether oxygens (including phenoxy) is 1. The number of hydrogen-bond acceptors (Lipinski definition) is 6. The van der Waals surface area contributed by atoms with Crippen LogP contribution in [-0.2, 0) is 0 Å². The van der Waals surface area contributed by atoms with E-state index in [1.165, 1.54) is 10.4 Å². The van der Waals surface area contributed by atoms with Crippen molar-refractivity contribution >= 4 is 27.4 Å². The van der Waals surface area contributed by atoms with Crippen molar-refractivity contribution in [2.45, 2.75) is 33.1 Å². The molecule has 0 spiro atoms. The van der Waals surface area contributed by atoms with Gasteiger partial charge in [-0.05, 0) is 50.8 Å². The lowest BCUT2D eigenvalue weighted by atomic mass is 10.0. The Hall–Kier alpha value is -2.18. The lowest BCUT2D eigenvalue weighted by Gasteiger charge is -2.09. The van der Waals surface area contributed by atoms with Crippen molar-refractivity contribution in [3.05, 3.63) is 35.5 Å². The average Bonchev–Trinajstić information content (AvgIpc) is 2.99. The Labute approximate surface area is 158 Å². The van der Waals surface area contributed by atoms with Crippen LogP contribution in [0.2, 0.25) is 0 Å². The van der Waals surface area contributed by atoms with E-state index in [9.17, 15) is 0 Å². The maximum absolute atomic E-state index is 8.89. The molecule has 0 unspecified atom stereocenters. The molecule has 6 heteroatoms. The highest BCUT2D eigenvalue weighted by molar-refractivity contribution is 7.19. The topological polar surface area (TPSA) is 67.3 Å². The Kier molecular flexibility index (Phi) is 6.41. The molecule has 0 saturated carbocycles. The molecular formula is C20H25N3O2S. The van der Waals surface area contributed by atoms with Gasteiger partial charge in [-0.3, -0.25) is 0 Å². The van der Waals surface area contributed by atoms with Crippen LogP contribution in [0.5, 0.6) is 5.75 Å². The van der Waals surface area contributed by atoms with E-state index < -0.39 is 0 Å². The van der Waals surface area contributed by atoms with Crippen molar-refractivity contribution in [3.8, 4) is 16.9 Å². The van der Waals surface area contributed by atoms with Crippen LogP contribution in [-0.4, -0.2) is 34.8 Å². The van der Waals surface area contributed by atoms with Crippen molar-refractivity contribution in [1.82, 2.24) is 9.97 Å². The minimum Gasteiger partial charge on any atom is -0.494 e. The molecule has 0 aliphatic rings. The van der Waals surface area contributed by atoms with Gasteiger partial charge in [0.1, 0.15) is 22.7 Å². The first kappa shape index (κ1) is 18.6. The van der Waals surface area contributed by atoms with Crippen molar-refractivity contribution in [1.29, 1.82) is 0 Å². The molecule has 0 saturated heterocycles. The van der Waals surface area contributed by atoms with Gasteiger partial charge in [-0.1, -0.05) is 12.1 Å². The van der Waals surface area contributed by atoms with E-state index in [1.54, 1.807) is 17.7 Å². The molecule has 1 aromatic carbocycles. The second kappa shape index (κ2) is 8.96. The molecule has 2 N–H and O–H groups in total. The molecular weight excluding hydrogens is 346 g/mol. The molecule has 0 amide bonds. The van der Waals surface area contributed by atoms with E-state index >= 15 is 0 Å². The Morgan fingerprint density at radius 1 is 1.12 bits per heavy atom. The number of nitrogens with zero attached hydrogens (tertiary/aromatic N) is 2. The van der Waals surface area contributed by atoms with Gasteiger partial charge in [0.25, 0.3) is 0 Å². The molecule has 0 aliphatic carbocycles. The van der Waals surface area contributed by atoms with E-state index in [4.69, 9.17) is 9.84 Å². The second-order valence-corrected chi connectivity index (χ2v) is 7.31. The zero-order chi connectivity index (χ0) is 18.4. The molecule has 3 aromatic rings. The highest BCUT2D eigenvalue weighted by Crippen LogP contribution is 2.40. The summed E-state index contributed by atoms with van der Waals surface area (Å²) in [6.45, 7) is 5.87. The summed E-state index contributed by atoms with van der Waals surface area (Å²) in [5.74, 6) is 1.76. The van der Waals surface area contributed by atoms with Gasteiger partial charge in [-0.15, -0.1) is 11.3 Å². The Morgan fingerprint density at radius 2 is 1.92 bits per heavy atom. The molecule has 138 valence electrons. The standard InChI is InChI=1S/C20H25N3O2S/c1-3-25-16-9-7-15(8-10-16)17-14(2)26-20-18(17)19(22-13-23-20)21-11-5-4-6-12-24/h7-10,13,24H,3-6,11-12H2,1-2H3,(H,21,22,23). The number of unbranched alkanes of at least 4 members (excludes halogenated alkanes) is 2. The zero-order valence-electron chi connectivity index (χ0n) is 15.3. The fourth-order valence-corrected chi connectivity index (χ4v) is 4.04. The third-order valence-corrected chi connectivity index (χ3v) is 5.26. The Balaban J connectivity index is 1.90. The van der Waals surface area contributed by atoms with Gasteiger partial charge in [-0.25, -0.2) is 9.97 Å². The number of aryl methyl sites for hydroxylation is 1. The summed E-state index contributed by atoms with van der Waals surface area (Å²) in [6, 6.07) is 8.20. The van der Waals surface area contributed by atoms with Crippen molar-refractivity contribution in [3.63, 3.8) is 0 Å². The minimum atomic E-state index is 0.253. The van der Waals surface area contributed by atoms with Crippen LogP contribution >= 0.6 is 11.3 Å². The first-order valence-corrected chi connectivity index (χ1v) is 9.88. The van der Waals surface area contributed by atoms with E-state index in [0.29, 0.717) is 6.61 Å². The summed E-state index contributed by atoms with van der Waals surface area (Å²) >= 11 is 1.69. The third kappa shape index (κ3) is 4.14. The van der Waals surface area contributed by atoms with E-state index in [1.807, 2.05) is 19.1 Å². The molecule has 26 heavy (non-hydrogen) atoms. The van der Waals surface area contributed by atoms with Gasteiger partial charge in [0, 0.05) is 23.6 Å². The lowest BCUT2D eigenvalue weighted by molar-refractivity contribution is 0.283. The van der Waals surface area contributed by atoms with Crippen LogP contribution in [0.25, 0.3) is 21.3 Å².